The highest BCUT2D eigenvalue weighted by atomic mass is 19.4. The van der Waals surface area contributed by atoms with Gasteiger partial charge >= 0.3 is 18.3 Å². The number of nitrogens with one attached hydrogen (secondary N) is 1. The van der Waals surface area contributed by atoms with Crippen LogP contribution in [-0.2, 0) is 11.3 Å². The van der Waals surface area contributed by atoms with Crippen LogP contribution in [-0.4, -0.2) is 56.4 Å². The summed E-state index contributed by atoms with van der Waals surface area (Å²) in [6.45, 7) is -0.547. The molecule has 12 heteroatoms. The van der Waals surface area contributed by atoms with E-state index in [0.717, 1.165) is 4.90 Å². The van der Waals surface area contributed by atoms with E-state index in [0.29, 0.717) is 11.2 Å². The van der Waals surface area contributed by atoms with E-state index in [1.165, 1.54) is 23.1 Å². The molecule has 1 amide bonds. The minimum absolute atomic E-state index is 0.189. The van der Waals surface area contributed by atoms with E-state index in [1.54, 1.807) is 11.4 Å². The van der Waals surface area contributed by atoms with Gasteiger partial charge in [0.25, 0.3) is 0 Å². The number of nitrogens with zero attached hydrogens (tertiary/aromatic N) is 4. The van der Waals surface area contributed by atoms with Gasteiger partial charge in [-0.05, 0) is 12.8 Å². The summed E-state index contributed by atoms with van der Waals surface area (Å²) in [4.78, 5) is 16.2. The van der Waals surface area contributed by atoms with Crippen LogP contribution < -0.4 is 5.32 Å². The van der Waals surface area contributed by atoms with E-state index in [9.17, 15) is 31.1 Å². The Morgan fingerprint density at radius 3 is 2.63 bits per heavy atom. The first kappa shape index (κ1) is 19.4. The van der Waals surface area contributed by atoms with Crippen LogP contribution >= 0.6 is 0 Å². The molecule has 27 heavy (non-hydrogen) atoms. The van der Waals surface area contributed by atoms with Crippen molar-refractivity contribution in [3.05, 3.63) is 30.2 Å². The van der Waals surface area contributed by atoms with Crippen LogP contribution in [0.15, 0.2) is 24.7 Å². The molecular weight excluding hydrogens is 380 g/mol. The molecular formula is C15H15F6N5O. The van der Waals surface area contributed by atoms with E-state index in [2.05, 4.69) is 10.1 Å². The summed E-state index contributed by atoms with van der Waals surface area (Å²) < 4.78 is 78.6. The molecule has 3 heterocycles. The molecule has 2 aromatic rings. The maximum atomic E-state index is 13.3. The van der Waals surface area contributed by atoms with Gasteiger partial charge < -0.3 is 5.32 Å². The first-order valence-electron chi connectivity index (χ1n) is 8.01. The number of hydrogen-bond donors (Lipinski definition) is 1. The lowest BCUT2D eigenvalue weighted by Gasteiger charge is -2.40. The Morgan fingerprint density at radius 2 is 1.96 bits per heavy atom. The van der Waals surface area contributed by atoms with Gasteiger partial charge in [0, 0.05) is 43.2 Å². The fraction of sp³-hybridized carbons (Fsp3) is 0.533. The van der Waals surface area contributed by atoms with Crippen molar-refractivity contribution in [2.24, 2.45) is 0 Å². The molecule has 0 spiro atoms. The van der Waals surface area contributed by atoms with Crippen LogP contribution in [0.2, 0.25) is 0 Å². The number of carbonyl (C=O) groups excluding carboxylic acids is 1. The zero-order valence-electron chi connectivity index (χ0n) is 13.8. The quantitative estimate of drug-likeness (QED) is 0.811. The van der Waals surface area contributed by atoms with Crippen molar-refractivity contribution >= 4 is 11.6 Å². The lowest BCUT2D eigenvalue weighted by atomic mass is 9.97. The summed E-state index contributed by atoms with van der Waals surface area (Å²) >= 11 is 0. The third-order valence-electron chi connectivity index (χ3n) is 4.34. The van der Waals surface area contributed by atoms with Crippen LogP contribution in [0.5, 0.6) is 0 Å². The normalized spacial score (nSPS) is 22.1. The Bertz CT molecular complexity index is 817. The van der Waals surface area contributed by atoms with Crippen LogP contribution in [0.3, 0.4) is 0 Å². The SMILES string of the molecule is O=C(N[C@@H]1CC[C@@H](C(F)(F)F)N(Cc2cnc3ccnn3c2)C1)C(F)(F)F. The second kappa shape index (κ2) is 6.98. The lowest BCUT2D eigenvalue weighted by Crippen LogP contribution is -2.57. The predicted molar refractivity (Wildman–Crippen MR) is 80.5 cm³/mol. The molecule has 3 rings (SSSR count). The van der Waals surface area contributed by atoms with Crippen LogP contribution in [0.1, 0.15) is 18.4 Å². The van der Waals surface area contributed by atoms with E-state index < -0.39 is 36.8 Å². The van der Waals surface area contributed by atoms with E-state index in [-0.39, 0.29) is 19.5 Å². The van der Waals surface area contributed by atoms with Crippen LogP contribution in [0.4, 0.5) is 26.3 Å². The van der Waals surface area contributed by atoms with Crippen molar-refractivity contribution in [1.29, 1.82) is 0 Å². The number of rotatable bonds is 3. The molecule has 0 aliphatic carbocycles. The standard InChI is InChI=1S/C15H15F6N5O/c16-14(17,18)11-2-1-10(24-13(27)15(19,20)21)8-25(11)6-9-5-22-12-3-4-23-26(12)7-9/h3-5,7,10-11H,1-2,6,8H2,(H,24,27)/t10-,11+/m1/s1. The highest BCUT2D eigenvalue weighted by molar-refractivity contribution is 5.81. The first-order chi connectivity index (χ1) is 12.5. The van der Waals surface area contributed by atoms with Gasteiger partial charge in [0.15, 0.2) is 5.65 Å². The van der Waals surface area contributed by atoms with Crippen molar-refractivity contribution in [2.45, 2.75) is 43.8 Å². The Kier molecular flexibility index (Phi) is 5.02. The van der Waals surface area contributed by atoms with Gasteiger partial charge in [0.2, 0.25) is 0 Å². The molecule has 0 radical (unpaired) electrons. The fourth-order valence-electron chi connectivity index (χ4n) is 3.14. The van der Waals surface area contributed by atoms with Gasteiger partial charge in [-0.1, -0.05) is 0 Å². The summed E-state index contributed by atoms with van der Waals surface area (Å²) in [7, 11) is 0. The Balaban J connectivity index is 1.77. The molecule has 2 atom stereocenters. The molecule has 1 aliphatic heterocycles. The molecule has 6 nitrogen and oxygen atoms in total. The van der Waals surface area contributed by atoms with E-state index in [4.69, 9.17) is 0 Å². The van der Waals surface area contributed by atoms with Gasteiger partial charge in [0.05, 0.1) is 6.20 Å². The van der Waals surface area contributed by atoms with Crippen molar-refractivity contribution in [2.75, 3.05) is 6.54 Å². The number of alkyl halides is 6. The van der Waals surface area contributed by atoms with Crippen molar-refractivity contribution in [3.63, 3.8) is 0 Å². The number of carbonyl (C=O) groups is 1. The third-order valence-corrected chi connectivity index (χ3v) is 4.34. The van der Waals surface area contributed by atoms with Gasteiger partial charge in [-0.25, -0.2) is 9.50 Å². The molecule has 1 fully saturated rings. The number of piperidine rings is 1. The average molecular weight is 395 g/mol. The number of halogens is 6. The summed E-state index contributed by atoms with van der Waals surface area (Å²) in [6, 6.07) is -1.23. The summed E-state index contributed by atoms with van der Waals surface area (Å²) in [5.74, 6) is -2.16. The number of hydrogen-bond acceptors (Lipinski definition) is 4. The second-order valence-electron chi connectivity index (χ2n) is 6.33. The molecule has 0 saturated carbocycles. The zero-order valence-corrected chi connectivity index (χ0v) is 13.8. The molecule has 0 bridgehead atoms. The number of aromatic nitrogens is 3. The Labute approximate surface area is 149 Å². The second-order valence-corrected chi connectivity index (χ2v) is 6.33. The lowest BCUT2D eigenvalue weighted by molar-refractivity contribution is -0.196. The van der Waals surface area contributed by atoms with E-state index >= 15 is 0 Å². The summed E-state index contributed by atoms with van der Waals surface area (Å²) in [6.07, 6.45) is -5.85. The Morgan fingerprint density at radius 1 is 1.22 bits per heavy atom. The van der Waals surface area contributed by atoms with Crippen molar-refractivity contribution in [3.8, 4) is 0 Å². The van der Waals surface area contributed by atoms with Crippen LogP contribution in [0.25, 0.3) is 5.65 Å². The number of amides is 1. The van der Waals surface area contributed by atoms with E-state index in [1.807, 2.05) is 0 Å². The molecule has 1 saturated heterocycles. The molecule has 0 unspecified atom stereocenters. The van der Waals surface area contributed by atoms with Crippen molar-refractivity contribution in [1.82, 2.24) is 24.8 Å². The number of fused-ring (bicyclic) bond motifs is 1. The zero-order chi connectivity index (χ0) is 19.8. The predicted octanol–water partition coefficient (Wildman–Crippen LogP) is 2.30. The topological polar surface area (TPSA) is 62.5 Å². The average Bonchev–Trinajstić information content (AvgIpc) is 3.00. The molecule has 1 N–H and O–H groups in total. The highest BCUT2D eigenvalue weighted by Gasteiger charge is 2.47. The molecule has 0 aromatic carbocycles. The minimum Gasteiger partial charge on any atom is -0.344 e. The summed E-state index contributed by atoms with van der Waals surface area (Å²) in [5, 5.41) is 5.72. The largest absolute Gasteiger partial charge is 0.471 e. The molecule has 1 aliphatic rings. The van der Waals surface area contributed by atoms with Gasteiger partial charge in [0.1, 0.15) is 6.04 Å². The smallest absolute Gasteiger partial charge is 0.344 e. The van der Waals surface area contributed by atoms with Crippen LogP contribution in [0, 0.1) is 0 Å². The number of likely N-dealkylation sites (tertiary alicyclic amines) is 1. The molecule has 2 aromatic heterocycles. The van der Waals surface area contributed by atoms with Gasteiger partial charge in [-0.15, -0.1) is 0 Å². The van der Waals surface area contributed by atoms with Gasteiger partial charge in [-0.2, -0.15) is 31.4 Å². The fourth-order valence-corrected chi connectivity index (χ4v) is 3.14. The molecule has 148 valence electrons. The maximum Gasteiger partial charge on any atom is 0.471 e. The summed E-state index contributed by atoms with van der Waals surface area (Å²) in [5.41, 5.74) is 0.934. The van der Waals surface area contributed by atoms with Crippen molar-refractivity contribution < 1.29 is 31.1 Å². The minimum atomic E-state index is -5.08. The first-order valence-corrected chi connectivity index (χ1v) is 8.01. The maximum absolute atomic E-state index is 13.3. The van der Waals surface area contributed by atoms with Gasteiger partial charge in [-0.3, -0.25) is 9.69 Å². The third kappa shape index (κ3) is 4.49. The monoisotopic (exact) mass is 395 g/mol. The highest BCUT2D eigenvalue weighted by Crippen LogP contribution is 2.33. The Hall–Kier alpha value is -2.37.